The Morgan fingerprint density at radius 1 is 1.10 bits per heavy atom. The van der Waals surface area contributed by atoms with Crippen molar-refractivity contribution in [3.05, 3.63) is 90.0 Å². The second-order valence-electron chi connectivity index (χ2n) is 10.0. The largest absolute Gasteiger partial charge is 0.497 e. The molecular weight excluding hydrogens is 524 g/mol. The molecule has 0 aliphatic carbocycles. The van der Waals surface area contributed by atoms with E-state index in [4.69, 9.17) is 9.47 Å². The number of aliphatic hydroxyl groups is 2. The van der Waals surface area contributed by atoms with Crippen LogP contribution in [-0.4, -0.2) is 67.6 Å². The Balaban J connectivity index is 1.28. The Morgan fingerprint density at radius 3 is 2.78 bits per heavy atom. The maximum Gasteiger partial charge on any atom is 0.251 e. The SMILES string of the molecule is COc1cccc(C(=O)N[C@@H]2[C@H](O)[C@@H](CO)O[C@H]2n2cnc3c(NCc4cccc5ccc(C)cc45)ncnc32)c1. The number of nitrogens with zero attached hydrogens (tertiary/aromatic N) is 4. The summed E-state index contributed by atoms with van der Waals surface area (Å²) in [4.78, 5) is 26.5. The average Bonchev–Trinajstić information content (AvgIpc) is 3.56. The highest BCUT2D eigenvalue weighted by Gasteiger charge is 2.46. The van der Waals surface area contributed by atoms with Crippen molar-refractivity contribution in [3.8, 4) is 5.75 Å². The zero-order valence-corrected chi connectivity index (χ0v) is 22.6. The zero-order chi connectivity index (χ0) is 28.5. The standard InChI is InChI=1S/C30H30N6O5/c1-17-9-10-18-5-3-7-20(22(18)11-17)13-31-27-25-28(33-15-32-27)36(16-34-25)30-24(26(38)23(14-37)41-30)35-29(39)19-6-4-8-21(12-19)40-2/h3-12,15-16,23-24,26,30,37-38H,13-14H2,1-2H3,(H,35,39)(H,31,32,33)/t23-,24-,26-,30-/m1/s1. The fourth-order valence-electron chi connectivity index (χ4n) is 5.24. The molecule has 5 aromatic rings. The number of aromatic nitrogens is 4. The van der Waals surface area contributed by atoms with E-state index < -0.39 is 37.0 Å². The molecule has 3 heterocycles. The van der Waals surface area contributed by atoms with Crippen LogP contribution in [0.25, 0.3) is 21.9 Å². The van der Waals surface area contributed by atoms with Crippen LogP contribution in [0.2, 0.25) is 0 Å². The fourth-order valence-corrected chi connectivity index (χ4v) is 5.24. The summed E-state index contributed by atoms with van der Waals surface area (Å²) in [5.74, 6) is 0.640. The van der Waals surface area contributed by atoms with E-state index in [2.05, 4.69) is 62.8 Å². The number of fused-ring (bicyclic) bond motifs is 2. The lowest BCUT2D eigenvalue weighted by Gasteiger charge is -2.23. The quantitative estimate of drug-likeness (QED) is 0.228. The van der Waals surface area contributed by atoms with Crippen LogP contribution >= 0.6 is 0 Å². The summed E-state index contributed by atoms with van der Waals surface area (Å²) in [6.07, 6.45) is -0.0123. The molecule has 1 fully saturated rings. The van der Waals surface area contributed by atoms with E-state index in [-0.39, 0.29) is 0 Å². The molecule has 0 spiro atoms. The minimum Gasteiger partial charge on any atom is -0.497 e. The highest BCUT2D eigenvalue weighted by atomic mass is 16.5. The lowest BCUT2D eigenvalue weighted by molar-refractivity contribution is -0.0440. The maximum absolute atomic E-state index is 13.1. The van der Waals surface area contributed by atoms with Gasteiger partial charge in [0, 0.05) is 12.1 Å². The van der Waals surface area contributed by atoms with Crippen LogP contribution in [0.4, 0.5) is 5.82 Å². The van der Waals surface area contributed by atoms with Gasteiger partial charge < -0.3 is 30.3 Å². The average molecular weight is 555 g/mol. The highest BCUT2D eigenvalue weighted by molar-refractivity contribution is 5.95. The molecule has 210 valence electrons. The first kappa shape index (κ1) is 26.6. The van der Waals surface area contributed by atoms with Crippen LogP contribution in [0.3, 0.4) is 0 Å². The Bertz CT molecular complexity index is 1720. The number of carbonyl (C=O) groups excluding carboxylic acids is 1. The van der Waals surface area contributed by atoms with E-state index in [0.29, 0.717) is 34.8 Å². The van der Waals surface area contributed by atoms with E-state index in [1.807, 2.05) is 6.07 Å². The molecular formula is C30H30N6O5. The van der Waals surface area contributed by atoms with Crippen molar-refractivity contribution in [2.24, 2.45) is 0 Å². The molecule has 11 nitrogen and oxygen atoms in total. The van der Waals surface area contributed by atoms with Gasteiger partial charge in [0.2, 0.25) is 0 Å². The molecule has 1 amide bonds. The smallest absolute Gasteiger partial charge is 0.251 e. The summed E-state index contributed by atoms with van der Waals surface area (Å²) in [6, 6.07) is 18.3. The number of nitrogens with one attached hydrogen (secondary N) is 2. The van der Waals surface area contributed by atoms with Crippen LogP contribution < -0.4 is 15.4 Å². The normalized spacial score (nSPS) is 20.4. The summed E-state index contributed by atoms with van der Waals surface area (Å²) in [7, 11) is 1.52. The second kappa shape index (κ2) is 11.1. The number of amides is 1. The number of carbonyl (C=O) groups is 1. The third-order valence-corrected chi connectivity index (χ3v) is 7.39. The fraction of sp³-hybridized carbons (Fsp3) is 0.267. The van der Waals surface area contributed by atoms with Crippen LogP contribution in [0.5, 0.6) is 5.75 Å². The molecule has 41 heavy (non-hydrogen) atoms. The van der Waals surface area contributed by atoms with Gasteiger partial charge in [-0.15, -0.1) is 0 Å². The first-order valence-corrected chi connectivity index (χ1v) is 13.3. The predicted octanol–water partition coefficient (Wildman–Crippen LogP) is 2.96. The summed E-state index contributed by atoms with van der Waals surface area (Å²) < 4.78 is 12.9. The number of aryl methyl sites for hydroxylation is 1. The molecule has 0 unspecified atom stereocenters. The van der Waals surface area contributed by atoms with E-state index in [1.165, 1.54) is 25.3 Å². The Kier molecular flexibility index (Phi) is 7.23. The van der Waals surface area contributed by atoms with Crippen molar-refractivity contribution in [1.29, 1.82) is 0 Å². The third-order valence-electron chi connectivity index (χ3n) is 7.39. The minimum absolute atomic E-state index is 0.357. The summed E-state index contributed by atoms with van der Waals surface area (Å²) in [5, 5.41) is 29.4. The van der Waals surface area contributed by atoms with Crippen molar-refractivity contribution < 1.29 is 24.5 Å². The van der Waals surface area contributed by atoms with E-state index in [9.17, 15) is 15.0 Å². The van der Waals surface area contributed by atoms with E-state index >= 15 is 0 Å². The molecule has 2 aromatic heterocycles. The monoisotopic (exact) mass is 554 g/mol. The molecule has 6 rings (SSSR count). The number of methoxy groups -OCH3 is 1. The van der Waals surface area contributed by atoms with Crippen molar-refractivity contribution in [2.75, 3.05) is 19.0 Å². The van der Waals surface area contributed by atoms with Crippen molar-refractivity contribution >= 4 is 33.7 Å². The van der Waals surface area contributed by atoms with Crippen LogP contribution in [0.1, 0.15) is 27.7 Å². The Labute approximate surface area is 235 Å². The number of hydrogen-bond donors (Lipinski definition) is 4. The van der Waals surface area contributed by atoms with Gasteiger partial charge in [-0.3, -0.25) is 9.36 Å². The van der Waals surface area contributed by atoms with Gasteiger partial charge in [0.15, 0.2) is 23.2 Å². The van der Waals surface area contributed by atoms with E-state index in [1.54, 1.807) is 28.8 Å². The molecule has 1 aliphatic heterocycles. The van der Waals surface area contributed by atoms with Gasteiger partial charge in [0.1, 0.15) is 30.3 Å². The second-order valence-corrected chi connectivity index (χ2v) is 10.0. The molecule has 1 saturated heterocycles. The van der Waals surface area contributed by atoms with Gasteiger partial charge in [-0.05, 0) is 41.5 Å². The topological polar surface area (TPSA) is 144 Å². The predicted molar refractivity (Wildman–Crippen MR) is 153 cm³/mol. The Hall–Kier alpha value is -4.58. The van der Waals surface area contributed by atoms with Gasteiger partial charge in [0.05, 0.1) is 20.0 Å². The molecule has 11 heteroatoms. The Morgan fingerprint density at radius 2 is 1.95 bits per heavy atom. The van der Waals surface area contributed by atoms with Crippen LogP contribution in [0.15, 0.2) is 73.3 Å². The third kappa shape index (κ3) is 5.06. The summed E-state index contributed by atoms with van der Waals surface area (Å²) in [6.45, 7) is 2.16. The van der Waals surface area contributed by atoms with Crippen LogP contribution in [-0.2, 0) is 11.3 Å². The van der Waals surface area contributed by atoms with Gasteiger partial charge >= 0.3 is 0 Å². The number of aliphatic hydroxyl groups excluding tert-OH is 2. The minimum atomic E-state index is -1.17. The van der Waals surface area contributed by atoms with Gasteiger partial charge in [0.25, 0.3) is 5.91 Å². The molecule has 3 aromatic carbocycles. The maximum atomic E-state index is 13.1. The van der Waals surface area contributed by atoms with Crippen molar-refractivity contribution in [2.45, 2.75) is 37.9 Å². The molecule has 0 bridgehead atoms. The summed E-state index contributed by atoms with van der Waals surface area (Å²) >= 11 is 0. The van der Waals surface area contributed by atoms with Crippen molar-refractivity contribution in [1.82, 2.24) is 24.8 Å². The van der Waals surface area contributed by atoms with Gasteiger partial charge in [-0.1, -0.05) is 48.0 Å². The van der Waals surface area contributed by atoms with Gasteiger partial charge in [-0.25, -0.2) is 15.0 Å². The van der Waals surface area contributed by atoms with E-state index in [0.717, 1.165) is 16.3 Å². The summed E-state index contributed by atoms with van der Waals surface area (Å²) in [5.41, 5.74) is 3.61. The molecule has 4 atom stereocenters. The van der Waals surface area contributed by atoms with Crippen molar-refractivity contribution in [3.63, 3.8) is 0 Å². The number of imidazole rings is 1. The lowest BCUT2D eigenvalue weighted by atomic mass is 10.0. The number of anilines is 1. The molecule has 0 radical (unpaired) electrons. The molecule has 4 N–H and O–H groups in total. The number of hydrogen-bond acceptors (Lipinski definition) is 9. The number of ether oxygens (including phenoxy) is 2. The zero-order valence-electron chi connectivity index (χ0n) is 22.6. The lowest BCUT2D eigenvalue weighted by Crippen LogP contribution is -2.46. The first-order valence-electron chi connectivity index (χ1n) is 13.3. The number of benzene rings is 3. The van der Waals surface area contributed by atoms with Gasteiger partial charge in [-0.2, -0.15) is 0 Å². The number of rotatable bonds is 8. The first-order chi connectivity index (χ1) is 20.0. The molecule has 1 aliphatic rings. The highest BCUT2D eigenvalue weighted by Crippen LogP contribution is 2.33. The molecule has 0 saturated carbocycles. The van der Waals surface area contributed by atoms with Crippen LogP contribution in [0, 0.1) is 6.92 Å².